The predicted molar refractivity (Wildman–Crippen MR) is 89.5 cm³/mol. The summed E-state index contributed by atoms with van der Waals surface area (Å²) in [7, 11) is 0. The van der Waals surface area contributed by atoms with Crippen LogP contribution in [0.1, 0.15) is 44.1 Å². The fraction of sp³-hybridized carbons (Fsp3) is 0.588. The molecule has 1 saturated heterocycles. The molecule has 2 atom stereocenters. The highest BCUT2D eigenvalue weighted by atomic mass is 79.9. The first-order valence-electron chi connectivity index (χ1n) is 7.87. The van der Waals surface area contributed by atoms with Gasteiger partial charge >= 0.3 is 0 Å². The monoisotopic (exact) mass is 369 g/mol. The standard InChI is InChI=1S/C17H21BrClNO/c18-14-7-6-13(16(19)11-14)9-12-3-1-4-15(10-12)20-8-2-5-17(20)21/h6-7,11-12,15H,1-5,8-10H2. The van der Waals surface area contributed by atoms with Gasteiger partial charge in [0, 0.05) is 28.5 Å². The van der Waals surface area contributed by atoms with Gasteiger partial charge in [0.25, 0.3) is 0 Å². The maximum Gasteiger partial charge on any atom is 0.222 e. The molecule has 0 spiro atoms. The van der Waals surface area contributed by atoms with E-state index in [1.807, 2.05) is 6.07 Å². The molecule has 4 heteroatoms. The molecule has 1 aliphatic carbocycles. The molecule has 1 aromatic rings. The number of likely N-dealkylation sites (tertiary alicyclic amines) is 1. The zero-order valence-electron chi connectivity index (χ0n) is 12.2. The third kappa shape index (κ3) is 3.62. The van der Waals surface area contributed by atoms with Crippen molar-refractivity contribution in [3.05, 3.63) is 33.3 Å². The molecule has 1 saturated carbocycles. The summed E-state index contributed by atoms with van der Waals surface area (Å²) in [4.78, 5) is 14.1. The molecule has 0 N–H and O–H groups in total. The van der Waals surface area contributed by atoms with E-state index in [2.05, 4.69) is 33.0 Å². The van der Waals surface area contributed by atoms with E-state index in [1.165, 1.54) is 24.8 Å². The van der Waals surface area contributed by atoms with Crippen molar-refractivity contribution in [1.29, 1.82) is 0 Å². The lowest BCUT2D eigenvalue weighted by Crippen LogP contribution is -2.39. The molecule has 1 aliphatic heterocycles. The highest BCUT2D eigenvalue weighted by molar-refractivity contribution is 9.10. The van der Waals surface area contributed by atoms with Crippen LogP contribution in [-0.2, 0) is 11.2 Å². The number of benzene rings is 1. The van der Waals surface area contributed by atoms with Gasteiger partial charge in [-0.2, -0.15) is 0 Å². The third-order valence-electron chi connectivity index (χ3n) is 4.83. The lowest BCUT2D eigenvalue weighted by atomic mass is 9.81. The Balaban J connectivity index is 1.64. The van der Waals surface area contributed by atoms with Crippen LogP contribution in [-0.4, -0.2) is 23.4 Å². The van der Waals surface area contributed by atoms with Gasteiger partial charge in [-0.15, -0.1) is 0 Å². The third-order valence-corrected chi connectivity index (χ3v) is 5.67. The van der Waals surface area contributed by atoms with Crippen molar-refractivity contribution in [2.75, 3.05) is 6.54 Å². The van der Waals surface area contributed by atoms with Crippen molar-refractivity contribution < 1.29 is 4.79 Å². The van der Waals surface area contributed by atoms with Crippen LogP contribution in [0.2, 0.25) is 5.02 Å². The second kappa shape index (κ2) is 6.70. The molecule has 0 radical (unpaired) electrons. The van der Waals surface area contributed by atoms with Crippen LogP contribution >= 0.6 is 27.5 Å². The number of nitrogens with zero attached hydrogens (tertiary/aromatic N) is 1. The van der Waals surface area contributed by atoms with Crippen LogP contribution in [0.3, 0.4) is 0 Å². The minimum Gasteiger partial charge on any atom is -0.340 e. The number of carbonyl (C=O) groups excluding carboxylic acids is 1. The molecular weight excluding hydrogens is 350 g/mol. The Hall–Kier alpha value is -0.540. The summed E-state index contributed by atoms with van der Waals surface area (Å²) in [6.45, 7) is 0.968. The Morgan fingerprint density at radius 3 is 2.86 bits per heavy atom. The molecule has 3 rings (SSSR count). The van der Waals surface area contributed by atoms with E-state index in [-0.39, 0.29) is 0 Å². The summed E-state index contributed by atoms with van der Waals surface area (Å²) < 4.78 is 1.03. The lowest BCUT2D eigenvalue weighted by Gasteiger charge is -2.35. The number of rotatable bonds is 3. The van der Waals surface area contributed by atoms with Crippen molar-refractivity contribution >= 4 is 33.4 Å². The second-order valence-electron chi connectivity index (χ2n) is 6.32. The normalized spacial score (nSPS) is 26.4. The maximum absolute atomic E-state index is 11.9. The molecule has 1 heterocycles. The molecule has 2 unspecified atom stereocenters. The molecule has 0 aromatic heterocycles. The highest BCUT2D eigenvalue weighted by Crippen LogP contribution is 2.34. The fourth-order valence-electron chi connectivity index (χ4n) is 3.78. The lowest BCUT2D eigenvalue weighted by molar-refractivity contribution is -0.130. The number of carbonyl (C=O) groups is 1. The van der Waals surface area contributed by atoms with Crippen LogP contribution in [0.4, 0.5) is 0 Å². The number of amides is 1. The van der Waals surface area contributed by atoms with E-state index in [4.69, 9.17) is 11.6 Å². The Morgan fingerprint density at radius 1 is 1.29 bits per heavy atom. The summed E-state index contributed by atoms with van der Waals surface area (Å²) >= 11 is 9.79. The summed E-state index contributed by atoms with van der Waals surface area (Å²) in [5, 5.41) is 0.851. The van der Waals surface area contributed by atoms with Crippen molar-refractivity contribution in [2.45, 2.75) is 51.0 Å². The van der Waals surface area contributed by atoms with Crippen LogP contribution in [0, 0.1) is 5.92 Å². The smallest absolute Gasteiger partial charge is 0.222 e. The molecule has 114 valence electrons. The van der Waals surface area contributed by atoms with E-state index >= 15 is 0 Å². The van der Waals surface area contributed by atoms with Gasteiger partial charge in [0.05, 0.1) is 0 Å². The molecule has 1 amide bonds. The molecular formula is C17H21BrClNO. The summed E-state index contributed by atoms with van der Waals surface area (Å²) in [6.07, 6.45) is 7.62. The van der Waals surface area contributed by atoms with Crippen molar-refractivity contribution in [3.8, 4) is 0 Å². The first kappa shape index (κ1) is 15.4. The Labute approximate surface area is 140 Å². The van der Waals surface area contributed by atoms with Crippen LogP contribution in [0.5, 0.6) is 0 Å². The van der Waals surface area contributed by atoms with E-state index < -0.39 is 0 Å². The van der Waals surface area contributed by atoms with Gasteiger partial charge in [0.1, 0.15) is 0 Å². The number of halogens is 2. The van der Waals surface area contributed by atoms with Crippen LogP contribution in [0.25, 0.3) is 0 Å². The van der Waals surface area contributed by atoms with Crippen LogP contribution in [0.15, 0.2) is 22.7 Å². The minimum absolute atomic E-state index is 0.363. The van der Waals surface area contributed by atoms with Gasteiger partial charge in [-0.1, -0.05) is 40.0 Å². The molecule has 21 heavy (non-hydrogen) atoms. The summed E-state index contributed by atoms with van der Waals surface area (Å²) in [5.74, 6) is 1.01. The van der Waals surface area contributed by atoms with Crippen molar-refractivity contribution in [1.82, 2.24) is 4.90 Å². The van der Waals surface area contributed by atoms with Gasteiger partial charge in [-0.3, -0.25) is 4.79 Å². The summed E-state index contributed by atoms with van der Waals surface area (Å²) in [6, 6.07) is 6.62. The van der Waals surface area contributed by atoms with Crippen molar-refractivity contribution in [2.24, 2.45) is 5.92 Å². The maximum atomic E-state index is 11.9. The first-order chi connectivity index (χ1) is 10.1. The quantitative estimate of drug-likeness (QED) is 0.746. The Morgan fingerprint density at radius 2 is 2.14 bits per heavy atom. The molecule has 0 bridgehead atoms. The number of hydrogen-bond acceptors (Lipinski definition) is 1. The minimum atomic E-state index is 0.363. The molecule has 2 aliphatic rings. The SMILES string of the molecule is O=C1CCCN1C1CCCC(Cc2ccc(Br)cc2Cl)C1. The largest absolute Gasteiger partial charge is 0.340 e. The first-order valence-corrected chi connectivity index (χ1v) is 9.04. The summed E-state index contributed by atoms with van der Waals surface area (Å²) in [5.41, 5.74) is 1.23. The van der Waals surface area contributed by atoms with Gasteiger partial charge < -0.3 is 4.90 Å². The molecule has 2 fully saturated rings. The van der Waals surface area contributed by atoms with Gasteiger partial charge in [0.15, 0.2) is 0 Å². The predicted octanol–water partition coefficient (Wildman–Crippen LogP) is 4.83. The molecule has 2 nitrogen and oxygen atoms in total. The molecule has 1 aromatic carbocycles. The average Bonchev–Trinajstić information content (AvgIpc) is 2.89. The van der Waals surface area contributed by atoms with Crippen LogP contribution < -0.4 is 0 Å². The van der Waals surface area contributed by atoms with Gasteiger partial charge in [0.2, 0.25) is 5.91 Å². The Bertz CT molecular complexity index is 534. The number of hydrogen-bond donors (Lipinski definition) is 0. The van der Waals surface area contributed by atoms with Gasteiger partial charge in [-0.05, 0) is 55.7 Å². The van der Waals surface area contributed by atoms with E-state index in [1.54, 1.807) is 0 Å². The zero-order valence-corrected chi connectivity index (χ0v) is 14.5. The van der Waals surface area contributed by atoms with E-state index in [9.17, 15) is 4.79 Å². The zero-order chi connectivity index (χ0) is 14.8. The topological polar surface area (TPSA) is 20.3 Å². The Kier molecular flexibility index (Phi) is 4.90. The van der Waals surface area contributed by atoms with E-state index in [0.717, 1.165) is 41.7 Å². The van der Waals surface area contributed by atoms with Gasteiger partial charge in [-0.25, -0.2) is 0 Å². The van der Waals surface area contributed by atoms with Crippen molar-refractivity contribution in [3.63, 3.8) is 0 Å². The average molecular weight is 371 g/mol. The fourth-order valence-corrected chi connectivity index (χ4v) is 4.54. The second-order valence-corrected chi connectivity index (χ2v) is 7.64. The van der Waals surface area contributed by atoms with E-state index in [0.29, 0.717) is 17.9 Å². The highest BCUT2D eigenvalue weighted by Gasteiger charge is 2.32.